The molecule has 1 aromatic heterocycles. The number of carbonyl (C=O) groups is 2. The summed E-state index contributed by atoms with van der Waals surface area (Å²) < 4.78 is 42.7. The number of esters is 1. The molecule has 1 fully saturated rings. The third kappa shape index (κ3) is 3.73. The molecule has 0 atom stereocenters. The maximum absolute atomic E-state index is 12.7. The zero-order valence-electron chi connectivity index (χ0n) is 13.8. The van der Waals surface area contributed by atoms with Crippen LogP contribution in [-0.2, 0) is 4.74 Å². The third-order valence-corrected chi connectivity index (χ3v) is 4.58. The Morgan fingerprint density at radius 3 is 2.25 bits per heavy atom. The molecule has 1 heterocycles. The van der Waals surface area contributed by atoms with E-state index in [0.717, 1.165) is 0 Å². The van der Waals surface area contributed by atoms with E-state index in [2.05, 4.69) is 15.0 Å². The second-order valence-electron chi connectivity index (χ2n) is 6.18. The van der Waals surface area contributed by atoms with Crippen LogP contribution in [0.3, 0.4) is 0 Å². The van der Waals surface area contributed by atoms with Crippen molar-refractivity contribution in [1.29, 1.82) is 0 Å². The van der Waals surface area contributed by atoms with Crippen LogP contribution < -0.4 is 5.32 Å². The molecule has 0 aromatic carbocycles. The van der Waals surface area contributed by atoms with Crippen molar-refractivity contribution in [2.45, 2.75) is 51.7 Å². The number of hydrogen-bond donors (Lipinski definition) is 2. The maximum atomic E-state index is 12.7. The molecule has 0 radical (unpaired) electrons. The van der Waals surface area contributed by atoms with Crippen LogP contribution in [0, 0.1) is 19.8 Å². The van der Waals surface area contributed by atoms with Gasteiger partial charge in [0.05, 0.1) is 18.6 Å². The van der Waals surface area contributed by atoms with Crippen LogP contribution in [0.4, 0.5) is 13.2 Å². The number of ether oxygens (including phenoxy) is 1. The fourth-order valence-corrected chi connectivity index (χ4v) is 3.21. The first-order valence-electron chi connectivity index (χ1n) is 7.80. The van der Waals surface area contributed by atoms with E-state index in [4.69, 9.17) is 0 Å². The molecule has 1 aliphatic rings. The Kier molecular flexibility index (Phi) is 5.25. The van der Waals surface area contributed by atoms with Crippen LogP contribution in [0.25, 0.3) is 0 Å². The van der Waals surface area contributed by atoms with Crippen LogP contribution in [0.15, 0.2) is 0 Å². The topological polar surface area (TPSA) is 71.2 Å². The fraction of sp³-hybridized carbons (Fsp3) is 0.625. The van der Waals surface area contributed by atoms with E-state index in [1.54, 1.807) is 13.8 Å². The molecule has 24 heavy (non-hydrogen) atoms. The lowest BCUT2D eigenvalue weighted by atomic mass is 9.85. The third-order valence-electron chi connectivity index (χ3n) is 4.58. The summed E-state index contributed by atoms with van der Waals surface area (Å²) in [6.07, 6.45) is -3.55. The van der Waals surface area contributed by atoms with Gasteiger partial charge >= 0.3 is 12.1 Å². The Morgan fingerprint density at radius 1 is 1.17 bits per heavy atom. The quantitative estimate of drug-likeness (QED) is 0.825. The summed E-state index contributed by atoms with van der Waals surface area (Å²) >= 11 is 0. The second kappa shape index (κ2) is 6.86. The second-order valence-corrected chi connectivity index (χ2v) is 6.18. The van der Waals surface area contributed by atoms with Gasteiger partial charge in [0.25, 0.3) is 5.91 Å². The van der Waals surface area contributed by atoms with Crippen molar-refractivity contribution in [3.8, 4) is 0 Å². The molecule has 0 saturated heterocycles. The Balaban J connectivity index is 2.03. The predicted molar refractivity (Wildman–Crippen MR) is 80.9 cm³/mol. The molecule has 1 amide bonds. The van der Waals surface area contributed by atoms with Crippen molar-refractivity contribution in [3.05, 3.63) is 22.5 Å². The van der Waals surface area contributed by atoms with Crippen LogP contribution in [0.5, 0.6) is 0 Å². The molecule has 2 rings (SSSR count). The van der Waals surface area contributed by atoms with E-state index in [9.17, 15) is 22.8 Å². The first-order chi connectivity index (χ1) is 11.1. The molecule has 2 N–H and O–H groups in total. The van der Waals surface area contributed by atoms with Gasteiger partial charge in [-0.2, -0.15) is 13.2 Å². The van der Waals surface area contributed by atoms with Gasteiger partial charge in [0.15, 0.2) is 0 Å². The van der Waals surface area contributed by atoms with Gasteiger partial charge in [-0.1, -0.05) is 0 Å². The Bertz CT molecular complexity index is 629. The summed E-state index contributed by atoms with van der Waals surface area (Å²) in [4.78, 5) is 27.0. The minimum Gasteiger partial charge on any atom is -0.465 e. The summed E-state index contributed by atoms with van der Waals surface area (Å²) in [5, 5.41) is 2.76. The van der Waals surface area contributed by atoms with Crippen LogP contribution >= 0.6 is 0 Å². The van der Waals surface area contributed by atoms with Crippen molar-refractivity contribution >= 4 is 11.9 Å². The number of H-pyrrole nitrogens is 1. The van der Waals surface area contributed by atoms with Crippen molar-refractivity contribution in [2.75, 3.05) is 7.11 Å². The van der Waals surface area contributed by atoms with E-state index < -0.39 is 24.0 Å². The Morgan fingerprint density at radius 2 is 1.75 bits per heavy atom. The average molecular weight is 346 g/mol. The lowest BCUT2D eigenvalue weighted by Crippen LogP contribution is -2.40. The van der Waals surface area contributed by atoms with Gasteiger partial charge in [0.2, 0.25) is 0 Å². The molecule has 5 nitrogen and oxygen atoms in total. The van der Waals surface area contributed by atoms with E-state index in [1.165, 1.54) is 7.11 Å². The van der Waals surface area contributed by atoms with Crippen molar-refractivity contribution in [3.63, 3.8) is 0 Å². The Hall–Kier alpha value is -1.99. The normalized spacial score (nSPS) is 21.4. The number of aryl methyl sites for hydroxylation is 1. The van der Waals surface area contributed by atoms with Crippen LogP contribution in [-0.4, -0.2) is 36.2 Å². The first kappa shape index (κ1) is 18.4. The van der Waals surface area contributed by atoms with Crippen molar-refractivity contribution < 1.29 is 27.5 Å². The summed E-state index contributed by atoms with van der Waals surface area (Å²) in [6, 6.07) is -0.291. The highest BCUT2D eigenvalue weighted by atomic mass is 19.4. The standard InChI is InChI=1S/C16H21F3N2O3/c1-8-12(15(23)24-3)9(2)20-13(8)14(22)21-11-6-4-10(5-7-11)16(17,18)19/h10-11,20H,4-7H2,1-3H3,(H,21,22). The van der Waals surface area contributed by atoms with Gasteiger partial charge in [-0.3, -0.25) is 4.79 Å². The predicted octanol–water partition coefficient (Wildman–Crippen LogP) is 3.27. The number of aromatic nitrogens is 1. The molecule has 0 aliphatic heterocycles. The summed E-state index contributed by atoms with van der Waals surface area (Å²) in [6.45, 7) is 3.29. The molecule has 134 valence electrons. The summed E-state index contributed by atoms with van der Waals surface area (Å²) in [7, 11) is 1.26. The van der Waals surface area contributed by atoms with E-state index in [0.29, 0.717) is 29.7 Å². The lowest BCUT2D eigenvalue weighted by Gasteiger charge is -2.30. The minimum atomic E-state index is -4.17. The fourth-order valence-electron chi connectivity index (χ4n) is 3.21. The number of hydrogen-bond acceptors (Lipinski definition) is 3. The van der Waals surface area contributed by atoms with E-state index >= 15 is 0 Å². The molecule has 1 aliphatic carbocycles. The number of nitrogens with one attached hydrogen (secondary N) is 2. The number of methoxy groups -OCH3 is 1. The lowest BCUT2D eigenvalue weighted by molar-refractivity contribution is -0.182. The first-order valence-corrected chi connectivity index (χ1v) is 7.80. The molecular formula is C16H21F3N2O3. The van der Waals surface area contributed by atoms with Gasteiger partial charge < -0.3 is 15.0 Å². The Labute approximate surface area is 137 Å². The largest absolute Gasteiger partial charge is 0.465 e. The van der Waals surface area contributed by atoms with Gasteiger partial charge in [-0.05, 0) is 45.1 Å². The molecule has 1 saturated carbocycles. The molecule has 0 bridgehead atoms. The van der Waals surface area contributed by atoms with Crippen molar-refractivity contribution in [2.24, 2.45) is 5.92 Å². The van der Waals surface area contributed by atoms with Crippen LogP contribution in [0.2, 0.25) is 0 Å². The van der Waals surface area contributed by atoms with Gasteiger partial charge in [-0.15, -0.1) is 0 Å². The highest BCUT2D eigenvalue weighted by molar-refractivity contribution is 6.00. The smallest absolute Gasteiger partial charge is 0.391 e. The molecule has 0 unspecified atom stereocenters. The zero-order valence-corrected chi connectivity index (χ0v) is 13.8. The van der Waals surface area contributed by atoms with E-state index in [-0.39, 0.29) is 24.6 Å². The summed E-state index contributed by atoms with van der Waals surface area (Å²) in [5.41, 5.74) is 1.54. The SMILES string of the molecule is COC(=O)c1c(C)[nH]c(C(=O)NC2CCC(C(F)(F)F)CC2)c1C. The number of carbonyl (C=O) groups excluding carboxylic acids is 2. The van der Waals surface area contributed by atoms with Crippen molar-refractivity contribution in [1.82, 2.24) is 10.3 Å². The number of aromatic amines is 1. The molecule has 0 spiro atoms. The molecular weight excluding hydrogens is 325 g/mol. The average Bonchev–Trinajstić information content (AvgIpc) is 2.81. The zero-order chi connectivity index (χ0) is 18.1. The number of amides is 1. The molecule has 1 aromatic rings. The van der Waals surface area contributed by atoms with Gasteiger partial charge in [0, 0.05) is 11.7 Å². The number of rotatable bonds is 3. The number of alkyl halides is 3. The minimum absolute atomic E-state index is 0.0184. The molecule has 8 heteroatoms. The van der Waals surface area contributed by atoms with Gasteiger partial charge in [0.1, 0.15) is 5.69 Å². The van der Waals surface area contributed by atoms with Gasteiger partial charge in [-0.25, -0.2) is 4.79 Å². The highest BCUT2D eigenvalue weighted by Crippen LogP contribution is 2.37. The highest BCUT2D eigenvalue weighted by Gasteiger charge is 2.41. The summed E-state index contributed by atoms with van der Waals surface area (Å²) in [5.74, 6) is -2.24. The number of halogens is 3. The monoisotopic (exact) mass is 346 g/mol. The van der Waals surface area contributed by atoms with E-state index in [1.807, 2.05) is 0 Å². The van der Waals surface area contributed by atoms with Crippen LogP contribution in [0.1, 0.15) is 57.8 Å². The maximum Gasteiger partial charge on any atom is 0.391 e.